The van der Waals surface area contributed by atoms with E-state index >= 15 is 0 Å². The Hall–Kier alpha value is -1.88. The van der Waals surface area contributed by atoms with E-state index in [1.54, 1.807) is 16.0 Å². The first-order valence-corrected chi connectivity index (χ1v) is 5.80. The number of hydrogen-bond acceptors (Lipinski definition) is 4. The fraction of sp³-hybridized carbons (Fsp3) is 0.0909. The van der Waals surface area contributed by atoms with Crippen LogP contribution in [0.25, 0.3) is 10.1 Å². The molecule has 0 radical (unpaired) electrons. The van der Waals surface area contributed by atoms with Gasteiger partial charge in [-0.15, -0.1) is 11.3 Å². The van der Waals surface area contributed by atoms with Crippen LogP contribution in [0, 0.1) is 0 Å². The Morgan fingerprint density at radius 3 is 3.06 bits per heavy atom. The van der Waals surface area contributed by atoms with Gasteiger partial charge in [0.2, 0.25) is 0 Å². The number of pyridine rings is 1. The summed E-state index contributed by atoms with van der Waals surface area (Å²) < 4.78 is 2.99. The lowest BCUT2D eigenvalue weighted by molar-refractivity contribution is 0.771. The molecule has 0 spiro atoms. The lowest BCUT2D eigenvalue weighted by atomic mass is 10.3. The van der Waals surface area contributed by atoms with Gasteiger partial charge in [-0.3, -0.25) is 4.68 Å². The fourth-order valence-electron chi connectivity index (χ4n) is 1.60. The predicted octanol–water partition coefficient (Wildman–Crippen LogP) is 2.77. The molecular weight excluding hydrogens is 220 g/mol. The zero-order valence-corrected chi connectivity index (χ0v) is 9.53. The van der Waals surface area contributed by atoms with Crippen molar-refractivity contribution in [2.75, 3.05) is 5.32 Å². The van der Waals surface area contributed by atoms with Gasteiger partial charge in [0.1, 0.15) is 5.82 Å². The van der Waals surface area contributed by atoms with Gasteiger partial charge in [-0.1, -0.05) is 0 Å². The highest BCUT2D eigenvalue weighted by Crippen LogP contribution is 2.27. The Morgan fingerprint density at radius 2 is 2.25 bits per heavy atom. The van der Waals surface area contributed by atoms with E-state index in [-0.39, 0.29) is 0 Å². The normalized spacial score (nSPS) is 10.8. The molecule has 0 fully saturated rings. The third-order valence-electron chi connectivity index (χ3n) is 2.34. The van der Waals surface area contributed by atoms with Crippen molar-refractivity contribution >= 4 is 33.1 Å². The van der Waals surface area contributed by atoms with Crippen molar-refractivity contribution in [3.05, 3.63) is 36.0 Å². The van der Waals surface area contributed by atoms with Gasteiger partial charge in [-0.25, -0.2) is 4.98 Å². The summed E-state index contributed by atoms with van der Waals surface area (Å²) in [5.41, 5.74) is 0. The number of anilines is 2. The third kappa shape index (κ3) is 1.55. The van der Waals surface area contributed by atoms with Crippen LogP contribution < -0.4 is 5.32 Å². The average molecular weight is 230 g/mol. The van der Waals surface area contributed by atoms with Crippen LogP contribution in [0.5, 0.6) is 0 Å². The van der Waals surface area contributed by atoms with Crippen molar-refractivity contribution < 1.29 is 0 Å². The maximum absolute atomic E-state index is 4.33. The van der Waals surface area contributed by atoms with Crippen LogP contribution >= 0.6 is 11.3 Å². The molecule has 0 saturated carbocycles. The highest BCUT2D eigenvalue weighted by molar-refractivity contribution is 7.17. The molecule has 80 valence electrons. The van der Waals surface area contributed by atoms with Crippen molar-refractivity contribution in [3.63, 3.8) is 0 Å². The summed E-state index contributed by atoms with van der Waals surface area (Å²) >= 11 is 1.71. The number of nitrogens with zero attached hydrogens (tertiary/aromatic N) is 3. The van der Waals surface area contributed by atoms with Crippen molar-refractivity contribution in [2.45, 2.75) is 0 Å². The summed E-state index contributed by atoms with van der Waals surface area (Å²) in [4.78, 5) is 4.33. The molecule has 0 unspecified atom stereocenters. The summed E-state index contributed by atoms with van der Waals surface area (Å²) in [5, 5.41) is 10.7. The van der Waals surface area contributed by atoms with Crippen molar-refractivity contribution in [2.24, 2.45) is 7.05 Å². The molecule has 0 aromatic carbocycles. The second kappa shape index (κ2) is 3.61. The van der Waals surface area contributed by atoms with Gasteiger partial charge in [-0.05, 0) is 17.5 Å². The van der Waals surface area contributed by atoms with Crippen LogP contribution in [0.2, 0.25) is 0 Å². The average Bonchev–Trinajstić information content (AvgIpc) is 2.87. The number of hydrogen-bond donors (Lipinski definition) is 1. The van der Waals surface area contributed by atoms with Crippen LogP contribution in [-0.4, -0.2) is 14.8 Å². The maximum Gasteiger partial charge on any atom is 0.153 e. The van der Waals surface area contributed by atoms with E-state index in [0.29, 0.717) is 0 Å². The van der Waals surface area contributed by atoms with Gasteiger partial charge in [0.15, 0.2) is 5.82 Å². The fourth-order valence-corrected chi connectivity index (χ4v) is 2.38. The van der Waals surface area contributed by atoms with Crippen molar-refractivity contribution in [3.8, 4) is 0 Å². The van der Waals surface area contributed by atoms with Gasteiger partial charge in [0, 0.05) is 35.6 Å². The van der Waals surface area contributed by atoms with E-state index in [4.69, 9.17) is 0 Å². The molecular formula is C11H10N4S. The minimum absolute atomic E-state index is 0.814. The zero-order chi connectivity index (χ0) is 11.0. The minimum atomic E-state index is 0.814. The summed E-state index contributed by atoms with van der Waals surface area (Å²) in [6, 6.07) is 6.01. The highest BCUT2D eigenvalue weighted by atomic mass is 32.1. The summed E-state index contributed by atoms with van der Waals surface area (Å²) in [6.07, 6.45) is 3.71. The van der Waals surface area contributed by atoms with E-state index in [9.17, 15) is 0 Å². The first kappa shape index (κ1) is 9.35. The molecule has 1 N–H and O–H groups in total. The monoisotopic (exact) mass is 230 g/mol. The minimum Gasteiger partial charge on any atom is -0.323 e. The smallest absolute Gasteiger partial charge is 0.153 e. The predicted molar refractivity (Wildman–Crippen MR) is 66.1 cm³/mol. The molecule has 4 nitrogen and oxygen atoms in total. The van der Waals surface area contributed by atoms with E-state index in [0.717, 1.165) is 17.0 Å². The number of aromatic nitrogens is 3. The Bertz CT molecular complexity index is 625. The highest BCUT2D eigenvalue weighted by Gasteiger charge is 2.04. The van der Waals surface area contributed by atoms with E-state index in [1.165, 1.54) is 4.70 Å². The van der Waals surface area contributed by atoms with Crippen LogP contribution in [0.1, 0.15) is 0 Å². The first-order valence-electron chi connectivity index (χ1n) is 4.92. The topological polar surface area (TPSA) is 42.7 Å². The number of fused-ring (bicyclic) bond motifs is 1. The lowest BCUT2D eigenvalue weighted by Crippen LogP contribution is -1.95. The van der Waals surface area contributed by atoms with Crippen LogP contribution in [-0.2, 0) is 7.05 Å². The molecule has 0 aliphatic rings. The molecule has 16 heavy (non-hydrogen) atoms. The summed E-state index contributed by atoms with van der Waals surface area (Å²) in [6.45, 7) is 0. The largest absolute Gasteiger partial charge is 0.323 e. The molecule has 5 heteroatoms. The van der Waals surface area contributed by atoms with E-state index in [2.05, 4.69) is 26.8 Å². The lowest BCUT2D eigenvalue weighted by Gasteiger charge is -2.02. The van der Waals surface area contributed by atoms with Gasteiger partial charge >= 0.3 is 0 Å². The summed E-state index contributed by atoms with van der Waals surface area (Å²) in [7, 11) is 1.89. The molecule has 3 aromatic rings. The van der Waals surface area contributed by atoms with Gasteiger partial charge < -0.3 is 5.32 Å². The molecule has 0 bridgehead atoms. The second-order valence-electron chi connectivity index (χ2n) is 3.49. The molecule has 0 amide bonds. The Kier molecular flexibility index (Phi) is 2.11. The molecule has 0 saturated heterocycles. The van der Waals surface area contributed by atoms with Gasteiger partial charge in [0.05, 0.1) is 0 Å². The molecule has 3 aromatic heterocycles. The second-order valence-corrected chi connectivity index (χ2v) is 4.44. The number of thiophene rings is 1. The summed E-state index contributed by atoms with van der Waals surface area (Å²) in [5.74, 6) is 1.67. The van der Waals surface area contributed by atoms with Crippen molar-refractivity contribution in [1.82, 2.24) is 14.8 Å². The van der Waals surface area contributed by atoms with Gasteiger partial charge in [0.25, 0.3) is 0 Å². The Balaban J connectivity index is 2.03. The molecule has 0 aliphatic heterocycles. The Labute approximate surface area is 96.6 Å². The van der Waals surface area contributed by atoms with Crippen LogP contribution in [0.4, 0.5) is 11.6 Å². The molecule has 0 aliphatic carbocycles. The molecule has 3 heterocycles. The number of aryl methyl sites for hydroxylation is 1. The van der Waals surface area contributed by atoms with E-state index < -0.39 is 0 Å². The zero-order valence-electron chi connectivity index (χ0n) is 8.71. The SMILES string of the molecule is Cn1ccc(Nc2nccc3sccc23)n1. The Morgan fingerprint density at radius 1 is 1.31 bits per heavy atom. The van der Waals surface area contributed by atoms with E-state index in [1.807, 2.05) is 31.6 Å². The maximum atomic E-state index is 4.33. The molecule has 3 rings (SSSR count). The molecule has 0 atom stereocenters. The standard InChI is InChI=1S/C11H10N4S/c1-15-6-3-10(14-15)13-11-8-4-7-16-9(8)2-5-12-11/h2-7H,1H3,(H,12,13,14). The number of nitrogens with one attached hydrogen (secondary N) is 1. The number of rotatable bonds is 2. The first-order chi connectivity index (χ1) is 7.83. The quantitative estimate of drug-likeness (QED) is 0.736. The third-order valence-corrected chi connectivity index (χ3v) is 3.22. The van der Waals surface area contributed by atoms with Crippen LogP contribution in [0.3, 0.4) is 0 Å². The van der Waals surface area contributed by atoms with Gasteiger partial charge in [-0.2, -0.15) is 5.10 Å². The van der Waals surface area contributed by atoms with Crippen molar-refractivity contribution in [1.29, 1.82) is 0 Å². The van der Waals surface area contributed by atoms with Crippen LogP contribution in [0.15, 0.2) is 36.0 Å².